The molecular weight excluding hydrogens is 342 g/mol. The fourth-order valence-corrected chi connectivity index (χ4v) is 3.14. The second-order valence-corrected chi connectivity index (χ2v) is 6.87. The Bertz CT molecular complexity index is 598. The molecule has 2 rings (SSSR count). The number of anilines is 1. The Morgan fingerprint density at radius 3 is 2.63 bits per heavy atom. The molecular formula is C20H33N5O2. The lowest BCUT2D eigenvalue weighted by Gasteiger charge is -2.16. The fraction of sp³-hybridized carbons (Fsp3) is 0.650. The Morgan fingerprint density at radius 2 is 1.93 bits per heavy atom. The van der Waals surface area contributed by atoms with Gasteiger partial charge in [-0.15, -0.1) is 0 Å². The molecule has 3 N–H and O–H groups in total. The van der Waals surface area contributed by atoms with Gasteiger partial charge in [0.15, 0.2) is 5.96 Å². The summed E-state index contributed by atoms with van der Waals surface area (Å²) in [6.07, 6.45) is 8.33. The number of nitrogens with zero attached hydrogens (tertiary/aromatic N) is 2. The van der Waals surface area contributed by atoms with Gasteiger partial charge in [-0.3, -0.25) is 9.79 Å². The van der Waals surface area contributed by atoms with Gasteiger partial charge in [0.05, 0.1) is 12.7 Å². The molecule has 0 spiro atoms. The Morgan fingerprint density at radius 1 is 1.19 bits per heavy atom. The number of carbonyl (C=O) groups excluding carboxylic acids is 1. The summed E-state index contributed by atoms with van der Waals surface area (Å²) in [5.41, 5.74) is 0.876. The molecule has 1 aliphatic rings. The Balaban J connectivity index is 1.57. The molecule has 0 saturated heterocycles. The Hall–Kier alpha value is -2.15. The van der Waals surface area contributed by atoms with Crippen molar-refractivity contribution in [2.24, 2.45) is 4.99 Å². The van der Waals surface area contributed by atoms with Crippen LogP contribution >= 0.6 is 0 Å². The molecule has 1 amide bonds. The van der Waals surface area contributed by atoms with Crippen molar-refractivity contribution in [3.63, 3.8) is 0 Å². The number of aryl methyl sites for hydroxylation is 1. The van der Waals surface area contributed by atoms with Crippen LogP contribution in [0.15, 0.2) is 23.2 Å². The summed E-state index contributed by atoms with van der Waals surface area (Å²) in [5.74, 6) is 1.19. The van der Waals surface area contributed by atoms with Crippen molar-refractivity contribution in [3.05, 3.63) is 23.9 Å². The van der Waals surface area contributed by atoms with Crippen molar-refractivity contribution in [2.75, 3.05) is 32.1 Å². The number of ether oxygens (including phenoxy) is 1. The standard InChI is InChI=1S/C20H33N5O2/c1-16-8-7-11-18(24-16)25-19(26)12-13-22-20(21-2)23-14-15-27-17-9-5-3-4-6-10-17/h7-8,11,17H,3-6,9-10,12-15H2,1-2H3,(H2,21,22,23)(H,24,25,26). The normalized spacial score (nSPS) is 15.9. The van der Waals surface area contributed by atoms with Gasteiger partial charge in [-0.25, -0.2) is 4.98 Å². The van der Waals surface area contributed by atoms with E-state index in [9.17, 15) is 4.79 Å². The van der Waals surface area contributed by atoms with E-state index < -0.39 is 0 Å². The van der Waals surface area contributed by atoms with Crippen LogP contribution in [-0.2, 0) is 9.53 Å². The first-order chi connectivity index (χ1) is 13.2. The van der Waals surface area contributed by atoms with Gasteiger partial charge in [0.1, 0.15) is 5.82 Å². The van der Waals surface area contributed by atoms with Gasteiger partial charge in [-0.05, 0) is 31.9 Å². The highest BCUT2D eigenvalue weighted by atomic mass is 16.5. The summed E-state index contributed by atoms with van der Waals surface area (Å²) < 4.78 is 5.96. The summed E-state index contributed by atoms with van der Waals surface area (Å²) in [5, 5.41) is 9.17. The predicted molar refractivity (Wildman–Crippen MR) is 109 cm³/mol. The first-order valence-electron chi connectivity index (χ1n) is 9.97. The van der Waals surface area contributed by atoms with Gasteiger partial charge in [0.2, 0.25) is 5.91 Å². The van der Waals surface area contributed by atoms with Crippen LogP contribution in [0.3, 0.4) is 0 Å². The highest BCUT2D eigenvalue weighted by Crippen LogP contribution is 2.19. The zero-order valence-electron chi connectivity index (χ0n) is 16.6. The third-order valence-corrected chi connectivity index (χ3v) is 4.57. The van der Waals surface area contributed by atoms with Crippen LogP contribution in [0.5, 0.6) is 0 Å². The molecule has 7 nitrogen and oxygen atoms in total. The quantitative estimate of drug-likeness (QED) is 0.281. The molecule has 7 heteroatoms. The lowest BCUT2D eigenvalue weighted by molar-refractivity contribution is -0.116. The number of rotatable bonds is 8. The van der Waals surface area contributed by atoms with Crippen LogP contribution in [0.4, 0.5) is 5.82 Å². The summed E-state index contributed by atoms with van der Waals surface area (Å²) >= 11 is 0. The molecule has 0 aliphatic heterocycles. The second-order valence-electron chi connectivity index (χ2n) is 6.87. The molecule has 0 aromatic carbocycles. The number of aromatic nitrogens is 1. The molecule has 27 heavy (non-hydrogen) atoms. The number of amides is 1. The van der Waals surface area contributed by atoms with Crippen molar-refractivity contribution in [3.8, 4) is 0 Å². The van der Waals surface area contributed by atoms with E-state index in [-0.39, 0.29) is 5.91 Å². The third kappa shape index (κ3) is 8.86. The van der Waals surface area contributed by atoms with Crippen molar-refractivity contribution in [2.45, 2.75) is 58.0 Å². The molecule has 1 saturated carbocycles. The third-order valence-electron chi connectivity index (χ3n) is 4.57. The van der Waals surface area contributed by atoms with E-state index in [1.807, 2.05) is 19.1 Å². The smallest absolute Gasteiger partial charge is 0.227 e. The maximum absolute atomic E-state index is 12.0. The van der Waals surface area contributed by atoms with E-state index in [4.69, 9.17) is 4.74 Å². The van der Waals surface area contributed by atoms with E-state index in [0.29, 0.717) is 44.0 Å². The van der Waals surface area contributed by atoms with E-state index in [1.165, 1.54) is 38.5 Å². The molecule has 0 bridgehead atoms. The molecule has 1 aromatic rings. The van der Waals surface area contributed by atoms with Crippen LogP contribution in [0.2, 0.25) is 0 Å². The second kappa shape index (κ2) is 12.3. The molecule has 1 aliphatic carbocycles. The topological polar surface area (TPSA) is 87.6 Å². The van der Waals surface area contributed by atoms with E-state index in [1.54, 1.807) is 13.1 Å². The largest absolute Gasteiger partial charge is 0.376 e. The summed E-state index contributed by atoms with van der Waals surface area (Å²) in [6, 6.07) is 5.55. The highest BCUT2D eigenvalue weighted by Gasteiger charge is 2.12. The average Bonchev–Trinajstić information content (AvgIpc) is 2.92. The van der Waals surface area contributed by atoms with Gasteiger partial charge in [0, 0.05) is 32.3 Å². The zero-order chi connectivity index (χ0) is 19.3. The van der Waals surface area contributed by atoms with Crippen LogP contribution in [0.1, 0.15) is 50.6 Å². The average molecular weight is 376 g/mol. The molecule has 1 aromatic heterocycles. The van der Waals surface area contributed by atoms with E-state index in [2.05, 4.69) is 25.9 Å². The van der Waals surface area contributed by atoms with Crippen LogP contribution in [0.25, 0.3) is 0 Å². The number of guanidine groups is 1. The number of aliphatic imine (C=N–C) groups is 1. The minimum atomic E-state index is -0.0762. The maximum atomic E-state index is 12.0. The maximum Gasteiger partial charge on any atom is 0.227 e. The Labute approximate surface area is 162 Å². The molecule has 150 valence electrons. The van der Waals surface area contributed by atoms with Gasteiger partial charge >= 0.3 is 0 Å². The lowest BCUT2D eigenvalue weighted by Crippen LogP contribution is -2.40. The molecule has 1 heterocycles. The number of pyridine rings is 1. The monoisotopic (exact) mass is 375 g/mol. The van der Waals surface area contributed by atoms with Crippen molar-refractivity contribution < 1.29 is 9.53 Å². The van der Waals surface area contributed by atoms with E-state index in [0.717, 1.165) is 5.69 Å². The number of nitrogens with one attached hydrogen (secondary N) is 3. The summed E-state index contributed by atoms with van der Waals surface area (Å²) in [7, 11) is 1.72. The van der Waals surface area contributed by atoms with Crippen molar-refractivity contribution in [1.29, 1.82) is 0 Å². The molecule has 0 unspecified atom stereocenters. The van der Waals surface area contributed by atoms with Crippen LogP contribution in [-0.4, -0.2) is 49.7 Å². The van der Waals surface area contributed by atoms with Gasteiger partial charge < -0.3 is 20.7 Å². The fourth-order valence-electron chi connectivity index (χ4n) is 3.14. The van der Waals surface area contributed by atoms with Gasteiger partial charge in [0.25, 0.3) is 0 Å². The number of hydrogen-bond donors (Lipinski definition) is 3. The SMILES string of the molecule is CN=C(NCCOC1CCCCCC1)NCCC(=O)Nc1cccc(C)n1. The van der Waals surface area contributed by atoms with Crippen LogP contribution < -0.4 is 16.0 Å². The molecule has 1 fully saturated rings. The number of carbonyl (C=O) groups is 1. The van der Waals surface area contributed by atoms with E-state index >= 15 is 0 Å². The summed E-state index contributed by atoms with van der Waals surface area (Å²) in [4.78, 5) is 20.4. The summed E-state index contributed by atoms with van der Waals surface area (Å²) in [6.45, 7) is 3.77. The van der Waals surface area contributed by atoms with Gasteiger partial charge in [-0.2, -0.15) is 0 Å². The number of hydrogen-bond acceptors (Lipinski definition) is 4. The van der Waals surface area contributed by atoms with Crippen molar-refractivity contribution >= 4 is 17.7 Å². The van der Waals surface area contributed by atoms with Crippen molar-refractivity contribution in [1.82, 2.24) is 15.6 Å². The Kier molecular flexibility index (Phi) is 9.62. The predicted octanol–water partition coefficient (Wildman–Crippen LogP) is 2.62. The minimum Gasteiger partial charge on any atom is -0.376 e. The highest BCUT2D eigenvalue weighted by molar-refractivity contribution is 5.90. The first-order valence-corrected chi connectivity index (χ1v) is 9.97. The van der Waals surface area contributed by atoms with Crippen LogP contribution in [0, 0.1) is 6.92 Å². The van der Waals surface area contributed by atoms with Gasteiger partial charge in [-0.1, -0.05) is 31.7 Å². The molecule has 0 atom stereocenters. The first kappa shape index (κ1) is 21.2. The zero-order valence-corrected chi connectivity index (χ0v) is 16.6. The minimum absolute atomic E-state index is 0.0762. The lowest BCUT2D eigenvalue weighted by atomic mass is 10.1. The molecule has 0 radical (unpaired) electrons.